The molecule has 1 atom stereocenters. The monoisotopic (exact) mass is 338 g/mol. The van der Waals surface area contributed by atoms with E-state index in [0.717, 1.165) is 31.5 Å². The first-order valence-electron chi connectivity index (χ1n) is 8.22. The third-order valence-corrected chi connectivity index (χ3v) is 5.52. The van der Waals surface area contributed by atoms with Crippen molar-refractivity contribution in [1.82, 2.24) is 10.2 Å². The van der Waals surface area contributed by atoms with E-state index in [1.807, 2.05) is 12.1 Å². The average Bonchev–Trinajstić information content (AvgIpc) is 2.54. The van der Waals surface area contributed by atoms with Gasteiger partial charge in [0, 0.05) is 12.8 Å². The first-order valence-corrected chi connectivity index (χ1v) is 10.1. The zero-order chi connectivity index (χ0) is 16.9. The quantitative estimate of drug-likeness (QED) is 0.856. The Bertz CT molecular complexity index is 626. The summed E-state index contributed by atoms with van der Waals surface area (Å²) in [7, 11) is -3.15. The number of piperidine rings is 1. The van der Waals surface area contributed by atoms with Crippen molar-refractivity contribution in [2.75, 3.05) is 25.9 Å². The van der Waals surface area contributed by atoms with Crippen LogP contribution in [0, 0.1) is 0 Å². The van der Waals surface area contributed by atoms with Gasteiger partial charge < -0.3 is 5.32 Å². The molecule has 1 aliphatic heterocycles. The van der Waals surface area contributed by atoms with E-state index in [-0.39, 0.29) is 11.9 Å². The minimum Gasteiger partial charge on any atom is -0.354 e. The van der Waals surface area contributed by atoms with Crippen LogP contribution in [0.5, 0.6) is 0 Å². The van der Waals surface area contributed by atoms with Crippen LogP contribution in [0.4, 0.5) is 0 Å². The fourth-order valence-corrected chi connectivity index (χ4v) is 3.65. The van der Waals surface area contributed by atoms with E-state index in [2.05, 4.69) is 17.1 Å². The van der Waals surface area contributed by atoms with E-state index in [0.29, 0.717) is 17.9 Å². The number of hydrogen-bond donors (Lipinski definition) is 1. The first kappa shape index (κ1) is 17.9. The Kier molecular flexibility index (Phi) is 6.18. The largest absolute Gasteiger partial charge is 0.354 e. The lowest BCUT2D eigenvalue weighted by Crippen LogP contribution is -2.49. The molecule has 0 spiro atoms. The summed E-state index contributed by atoms with van der Waals surface area (Å²) in [5.74, 6) is 0.110. The van der Waals surface area contributed by atoms with Crippen LogP contribution in [0.25, 0.3) is 0 Å². The lowest BCUT2D eigenvalue weighted by atomic mass is 10.0. The predicted octanol–water partition coefficient (Wildman–Crippen LogP) is 1.62. The van der Waals surface area contributed by atoms with Gasteiger partial charge in [-0.15, -0.1) is 0 Å². The minimum absolute atomic E-state index is 0.00126. The van der Waals surface area contributed by atoms with Gasteiger partial charge in [-0.25, -0.2) is 8.42 Å². The molecule has 1 N–H and O–H groups in total. The highest BCUT2D eigenvalue weighted by Gasteiger charge is 2.26. The molecule has 128 valence electrons. The highest BCUT2D eigenvalue weighted by molar-refractivity contribution is 7.90. The number of hydrogen-bond acceptors (Lipinski definition) is 4. The zero-order valence-corrected chi connectivity index (χ0v) is 14.7. The number of amides is 1. The number of carbonyl (C=O) groups excluding carboxylic acids is 1. The highest BCUT2D eigenvalue weighted by atomic mass is 32.2. The molecule has 1 aromatic rings. The van der Waals surface area contributed by atoms with Crippen molar-refractivity contribution >= 4 is 15.7 Å². The van der Waals surface area contributed by atoms with Gasteiger partial charge in [0.25, 0.3) is 0 Å². The van der Waals surface area contributed by atoms with Gasteiger partial charge in [-0.3, -0.25) is 9.69 Å². The van der Waals surface area contributed by atoms with Crippen molar-refractivity contribution in [1.29, 1.82) is 0 Å². The summed E-state index contributed by atoms with van der Waals surface area (Å²) in [5, 5.41) is 3.01. The van der Waals surface area contributed by atoms with Gasteiger partial charge in [-0.1, -0.05) is 25.5 Å². The van der Waals surface area contributed by atoms with Crippen LogP contribution in [0.15, 0.2) is 29.2 Å². The predicted molar refractivity (Wildman–Crippen MR) is 91.2 cm³/mol. The third-order valence-electron chi connectivity index (χ3n) is 4.39. The number of sulfone groups is 1. The Balaban J connectivity index is 1.83. The zero-order valence-electron chi connectivity index (χ0n) is 13.9. The summed E-state index contributed by atoms with van der Waals surface area (Å²) < 4.78 is 22.8. The minimum atomic E-state index is -3.15. The third kappa shape index (κ3) is 5.04. The number of rotatable bonds is 6. The maximum Gasteiger partial charge on any atom is 0.237 e. The van der Waals surface area contributed by atoms with Crippen molar-refractivity contribution in [3.05, 3.63) is 29.8 Å². The highest BCUT2D eigenvalue weighted by Crippen LogP contribution is 2.16. The number of likely N-dealkylation sites (tertiary alicyclic amines) is 1. The summed E-state index contributed by atoms with van der Waals surface area (Å²) in [6.07, 6.45) is 5.12. The van der Waals surface area contributed by atoms with Crippen LogP contribution in [-0.2, 0) is 21.1 Å². The molecule has 0 aromatic heterocycles. The molecular weight excluding hydrogens is 312 g/mol. The average molecular weight is 338 g/mol. The molecular formula is C17H26N2O3S. The van der Waals surface area contributed by atoms with E-state index < -0.39 is 9.84 Å². The fourth-order valence-electron chi connectivity index (χ4n) is 3.02. The Morgan fingerprint density at radius 3 is 2.57 bits per heavy atom. The Morgan fingerprint density at radius 2 is 1.96 bits per heavy atom. The van der Waals surface area contributed by atoms with Crippen molar-refractivity contribution < 1.29 is 13.2 Å². The maximum absolute atomic E-state index is 12.3. The first-order chi connectivity index (χ1) is 10.9. The van der Waals surface area contributed by atoms with Crippen LogP contribution in [-0.4, -0.2) is 51.2 Å². The number of nitrogens with zero attached hydrogens (tertiary/aromatic N) is 1. The van der Waals surface area contributed by atoms with Crippen molar-refractivity contribution in [3.8, 4) is 0 Å². The van der Waals surface area contributed by atoms with E-state index in [4.69, 9.17) is 0 Å². The molecule has 1 heterocycles. The van der Waals surface area contributed by atoms with Crippen LogP contribution < -0.4 is 5.32 Å². The summed E-state index contributed by atoms with van der Waals surface area (Å²) in [5.41, 5.74) is 1.02. The van der Waals surface area contributed by atoms with Gasteiger partial charge >= 0.3 is 0 Å². The van der Waals surface area contributed by atoms with E-state index in [1.165, 1.54) is 12.7 Å². The van der Waals surface area contributed by atoms with Crippen LogP contribution in [0.3, 0.4) is 0 Å². The molecule has 1 aliphatic rings. The summed E-state index contributed by atoms with van der Waals surface area (Å²) in [4.78, 5) is 14.9. The Hall–Kier alpha value is -1.40. The molecule has 2 rings (SSSR count). The molecule has 1 fully saturated rings. The fraction of sp³-hybridized carbons (Fsp3) is 0.588. The van der Waals surface area contributed by atoms with Gasteiger partial charge in [0.05, 0.1) is 10.9 Å². The Labute approximate surface area is 139 Å². The van der Waals surface area contributed by atoms with Gasteiger partial charge in [-0.2, -0.15) is 0 Å². The van der Waals surface area contributed by atoms with Gasteiger partial charge in [0.2, 0.25) is 5.91 Å². The van der Waals surface area contributed by atoms with Crippen molar-refractivity contribution in [3.63, 3.8) is 0 Å². The second-order valence-electron chi connectivity index (χ2n) is 6.10. The molecule has 6 heteroatoms. The van der Waals surface area contributed by atoms with Crippen LogP contribution in [0.1, 0.15) is 31.7 Å². The Morgan fingerprint density at radius 1 is 1.26 bits per heavy atom. The molecule has 23 heavy (non-hydrogen) atoms. The number of nitrogens with one attached hydrogen (secondary N) is 1. The lowest BCUT2D eigenvalue weighted by Gasteiger charge is -2.33. The normalized spacial score (nSPS) is 19.5. The second kappa shape index (κ2) is 7.93. The maximum atomic E-state index is 12.3. The summed E-state index contributed by atoms with van der Waals surface area (Å²) in [6.45, 7) is 4.58. The van der Waals surface area contributed by atoms with Gasteiger partial charge in [-0.05, 0) is 50.0 Å². The molecule has 1 aromatic carbocycles. The number of likely N-dealkylation sites (N-methyl/N-ethyl adjacent to an activating group) is 1. The van der Waals surface area contributed by atoms with Crippen molar-refractivity contribution in [2.24, 2.45) is 0 Å². The van der Waals surface area contributed by atoms with Crippen LogP contribution >= 0.6 is 0 Å². The van der Waals surface area contributed by atoms with E-state index in [1.54, 1.807) is 12.1 Å². The molecule has 0 saturated carbocycles. The molecule has 1 saturated heterocycles. The van der Waals surface area contributed by atoms with Gasteiger partial charge in [0.15, 0.2) is 9.84 Å². The van der Waals surface area contributed by atoms with Crippen molar-refractivity contribution in [2.45, 2.75) is 43.5 Å². The summed E-state index contributed by atoms with van der Waals surface area (Å²) >= 11 is 0. The second-order valence-corrected chi connectivity index (χ2v) is 8.11. The molecule has 0 aliphatic carbocycles. The lowest BCUT2D eigenvalue weighted by molar-refractivity contribution is -0.127. The molecule has 1 amide bonds. The molecule has 0 radical (unpaired) electrons. The number of benzene rings is 1. The van der Waals surface area contributed by atoms with E-state index in [9.17, 15) is 13.2 Å². The molecule has 5 nitrogen and oxygen atoms in total. The molecule has 0 bridgehead atoms. The van der Waals surface area contributed by atoms with Gasteiger partial charge in [0.1, 0.15) is 0 Å². The topological polar surface area (TPSA) is 66.5 Å². The standard InChI is InChI=1S/C17H26N2O3S/c1-3-19-13-5-4-6-16(19)17(20)18-12-11-14-7-9-15(10-8-14)23(2,21)22/h7-10,16H,3-6,11-13H2,1-2H3,(H,18,20)/t16-/m0/s1. The molecule has 0 unspecified atom stereocenters. The number of carbonyl (C=O) groups is 1. The smallest absolute Gasteiger partial charge is 0.237 e. The SMILES string of the molecule is CCN1CCCC[C@H]1C(=O)NCCc1ccc(S(C)(=O)=O)cc1. The van der Waals surface area contributed by atoms with Crippen LogP contribution in [0.2, 0.25) is 0 Å². The summed E-state index contributed by atoms with van der Waals surface area (Å²) in [6, 6.07) is 6.85. The van der Waals surface area contributed by atoms with E-state index >= 15 is 0 Å².